The highest BCUT2D eigenvalue weighted by Crippen LogP contribution is 2.10. The van der Waals surface area contributed by atoms with Gasteiger partial charge in [-0.15, -0.1) is 0 Å². The van der Waals surface area contributed by atoms with Gasteiger partial charge in [0.05, 0.1) is 6.54 Å². The summed E-state index contributed by atoms with van der Waals surface area (Å²) in [6.45, 7) is 0.502. The molecule has 1 N–H and O–H groups in total. The van der Waals surface area contributed by atoms with Gasteiger partial charge >= 0.3 is 0 Å². The Morgan fingerprint density at radius 1 is 1.47 bits per heavy atom. The molecule has 0 atom stereocenters. The summed E-state index contributed by atoms with van der Waals surface area (Å²) in [5, 5.41) is 6.61. The highest BCUT2D eigenvalue weighted by molar-refractivity contribution is 9.10. The van der Waals surface area contributed by atoms with Gasteiger partial charge in [0.15, 0.2) is 0 Å². The quantitative estimate of drug-likeness (QED) is 0.927. The molecule has 0 saturated heterocycles. The number of aromatic nitrogens is 4. The molecule has 0 aliphatic rings. The largest absolute Gasteiger partial charge is 0.311 e. The third-order valence-electron chi connectivity index (χ3n) is 2.03. The molecular formula is C10H10BrN5O. The van der Waals surface area contributed by atoms with Crippen molar-refractivity contribution in [3.63, 3.8) is 0 Å². The topological polar surface area (TPSA) is 72.7 Å². The van der Waals surface area contributed by atoms with Crippen LogP contribution >= 0.6 is 15.9 Å². The Kier molecular flexibility index (Phi) is 3.81. The van der Waals surface area contributed by atoms with E-state index in [1.807, 2.05) is 6.07 Å². The Hall–Kier alpha value is -1.76. The van der Waals surface area contributed by atoms with E-state index in [1.165, 1.54) is 6.33 Å². The van der Waals surface area contributed by atoms with E-state index in [1.54, 1.807) is 23.3 Å². The second-order valence-corrected chi connectivity index (χ2v) is 4.23. The number of nitrogens with one attached hydrogen (secondary N) is 1. The van der Waals surface area contributed by atoms with E-state index in [0.29, 0.717) is 18.8 Å². The van der Waals surface area contributed by atoms with Crippen LogP contribution in [0.15, 0.2) is 35.5 Å². The van der Waals surface area contributed by atoms with Crippen LogP contribution in [0.5, 0.6) is 0 Å². The lowest BCUT2D eigenvalue weighted by Crippen LogP contribution is -2.15. The zero-order valence-corrected chi connectivity index (χ0v) is 10.5. The first-order chi connectivity index (χ1) is 8.24. The lowest BCUT2D eigenvalue weighted by Gasteiger charge is -2.04. The number of rotatable bonds is 4. The van der Waals surface area contributed by atoms with Gasteiger partial charge in [-0.3, -0.25) is 9.48 Å². The molecule has 1 amide bonds. The highest BCUT2D eigenvalue weighted by Gasteiger charge is 2.03. The van der Waals surface area contributed by atoms with E-state index in [2.05, 4.69) is 36.3 Å². The molecule has 0 fully saturated rings. The Labute approximate surface area is 106 Å². The van der Waals surface area contributed by atoms with Crippen molar-refractivity contribution in [3.05, 3.63) is 35.5 Å². The van der Waals surface area contributed by atoms with Crippen molar-refractivity contribution < 1.29 is 4.79 Å². The molecule has 0 aromatic carbocycles. The molecule has 0 radical (unpaired) electrons. The smallest absolute Gasteiger partial charge is 0.227 e. The predicted octanol–water partition coefficient (Wildman–Crippen LogP) is 1.46. The van der Waals surface area contributed by atoms with Gasteiger partial charge < -0.3 is 5.32 Å². The lowest BCUT2D eigenvalue weighted by molar-refractivity contribution is -0.116. The molecular weight excluding hydrogens is 286 g/mol. The number of nitrogens with zero attached hydrogens (tertiary/aromatic N) is 4. The summed E-state index contributed by atoms with van der Waals surface area (Å²) in [5.41, 5.74) is 0. The van der Waals surface area contributed by atoms with Crippen molar-refractivity contribution in [1.82, 2.24) is 19.7 Å². The Morgan fingerprint density at radius 3 is 3.00 bits per heavy atom. The number of carbonyl (C=O) groups is 1. The van der Waals surface area contributed by atoms with Crippen molar-refractivity contribution in [2.24, 2.45) is 0 Å². The molecule has 0 spiro atoms. The van der Waals surface area contributed by atoms with Gasteiger partial charge in [-0.25, -0.2) is 9.97 Å². The first-order valence-corrected chi connectivity index (χ1v) is 5.77. The standard InChI is InChI=1S/C10H10BrN5O/c11-8-1-2-9(13-5-8)15-10(17)3-4-16-7-12-6-14-16/h1-2,5-7H,3-4H2,(H,13,15,17). The molecule has 2 aromatic rings. The van der Waals surface area contributed by atoms with E-state index < -0.39 is 0 Å². The van der Waals surface area contributed by atoms with E-state index >= 15 is 0 Å². The van der Waals surface area contributed by atoms with Crippen LogP contribution in [0.3, 0.4) is 0 Å². The van der Waals surface area contributed by atoms with Crippen molar-refractivity contribution in [2.75, 3.05) is 5.32 Å². The van der Waals surface area contributed by atoms with Gasteiger partial charge in [-0.2, -0.15) is 5.10 Å². The van der Waals surface area contributed by atoms with Crippen molar-refractivity contribution in [2.45, 2.75) is 13.0 Å². The minimum absolute atomic E-state index is 0.102. The lowest BCUT2D eigenvalue weighted by atomic mass is 10.4. The summed E-state index contributed by atoms with van der Waals surface area (Å²) >= 11 is 3.27. The van der Waals surface area contributed by atoms with E-state index in [9.17, 15) is 4.79 Å². The Balaban J connectivity index is 1.83. The van der Waals surface area contributed by atoms with E-state index in [-0.39, 0.29) is 5.91 Å². The average molecular weight is 296 g/mol. The third-order valence-corrected chi connectivity index (χ3v) is 2.50. The molecule has 6 nitrogen and oxygen atoms in total. The molecule has 0 saturated carbocycles. The number of halogens is 1. The summed E-state index contributed by atoms with van der Waals surface area (Å²) in [6.07, 6.45) is 4.98. The summed E-state index contributed by atoms with van der Waals surface area (Å²) in [6, 6.07) is 3.55. The van der Waals surface area contributed by atoms with Gasteiger partial charge in [-0.1, -0.05) is 0 Å². The fraction of sp³-hybridized carbons (Fsp3) is 0.200. The molecule has 2 heterocycles. The van der Waals surface area contributed by atoms with Crippen molar-refractivity contribution >= 4 is 27.7 Å². The van der Waals surface area contributed by atoms with Crippen LogP contribution in [-0.2, 0) is 11.3 Å². The van der Waals surface area contributed by atoms with Crippen LogP contribution in [-0.4, -0.2) is 25.7 Å². The van der Waals surface area contributed by atoms with Gasteiger partial charge in [-0.05, 0) is 28.1 Å². The molecule has 0 bridgehead atoms. The van der Waals surface area contributed by atoms with Gasteiger partial charge in [0.1, 0.15) is 18.5 Å². The van der Waals surface area contributed by atoms with E-state index in [4.69, 9.17) is 0 Å². The summed E-state index contributed by atoms with van der Waals surface area (Å²) in [4.78, 5) is 19.4. The number of pyridine rings is 1. The van der Waals surface area contributed by atoms with Gasteiger partial charge in [0.25, 0.3) is 0 Å². The zero-order chi connectivity index (χ0) is 12.1. The number of anilines is 1. The van der Waals surface area contributed by atoms with Crippen LogP contribution in [0.25, 0.3) is 0 Å². The second-order valence-electron chi connectivity index (χ2n) is 3.32. The number of aryl methyl sites for hydroxylation is 1. The molecule has 0 aliphatic heterocycles. The maximum atomic E-state index is 11.6. The predicted molar refractivity (Wildman–Crippen MR) is 65.2 cm³/mol. The van der Waals surface area contributed by atoms with Gasteiger partial charge in [0.2, 0.25) is 5.91 Å². The minimum Gasteiger partial charge on any atom is -0.311 e. The molecule has 88 valence electrons. The molecule has 7 heteroatoms. The number of hydrogen-bond donors (Lipinski definition) is 1. The third kappa shape index (κ3) is 3.63. The van der Waals surface area contributed by atoms with Crippen LogP contribution in [0, 0.1) is 0 Å². The van der Waals surface area contributed by atoms with Crippen LogP contribution < -0.4 is 5.32 Å². The fourth-order valence-electron chi connectivity index (χ4n) is 1.22. The van der Waals surface area contributed by atoms with Crippen molar-refractivity contribution in [1.29, 1.82) is 0 Å². The van der Waals surface area contributed by atoms with Gasteiger partial charge in [0, 0.05) is 17.1 Å². The second kappa shape index (κ2) is 5.53. The molecule has 0 unspecified atom stereocenters. The summed E-state index contributed by atoms with van der Waals surface area (Å²) < 4.78 is 2.48. The van der Waals surface area contributed by atoms with Crippen molar-refractivity contribution in [3.8, 4) is 0 Å². The average Bonchev–Trinajstić information content (AvgIpc) is 2.83. The monoisotopic (exact) mass is 295 g/mol. The van der Waals surface area contributed by atoms with Crippen LogP contribution in [0.2, 0.25) is 0 Å². The maximum Gasteiger partial charge on any atom is 0.227 e. The minimum atomic E-state index is -0.102. The summed E-state index contributed by atoms with van der Waals surface area (Å²) in [7, 11) is 0. The maximum absolute atomic E-state index is 11.6. The molecule has 2 aromatic heterocycles. The number of amides is 1. The van der Waals surface area contributed by atoms with Crippen LogP contribution in [0.1, 0.15) is 6.42 Å². The SMILES string of the molecule is O=C(CCn1cncn1)Nc1ccc(Br)cn1. The van der Waals surface area contributed by atoms with E-state index in [0.717, 1.165) is 4.47 Å². The molecule has 2 rings (SSSR count). The zero-order valence-electron chi connectivity index (χ0n) is 8.88. The molecule has 17 heavy (non-hydrogen) atoms. The number of carbonyl (C=O) groups excluding carboxylic acids is 1. The fourth-order valence-corrected chi connectivity index (χ4v) is 1.45. The molecule has 0 aliphatic carbocycles. The Morgan fingerprint density at radius 2 is 2.35 bits per heavy atom. The van der Waals surface area contributed by atoms with Crippen LogP contribution in [0.4, 0.5) is 5.82 Å². The summed E-state index contributed by atoms with van der Waals surface area (Å²) in [5.74, 6) is 0.437. The Bertz CT molecular complexity index is 482. The number of hydrogen-bond acceptors (Lipinski definition) is 4. The first kappa shape index (κ1) is 11.7. The highest BCUT2D eigenvalue weighted by atomic mass is 79.9. The first-order valence-electron chi connectivity index (χ1n) is 4.98. The normalized spacial score (nSPS) is 10.2.